The zero-order valence-corrected chi connectivity index (χ0v) is 14.1. The van der Waals surface area contributed by atoms with Crippen molar-refractivity contribution >= 4 is 17.6 Å². The molecule has 2 aromatic rings. The number of amides is 2. The number of hydrogen-bond donors (Lipinski definition) is 1. The van der Waals surface area contributed by atoms with Gasteiger partial charge in [-0.3, -0.25) is 9.59 Å². The normalized spacial score (nSPS) is 14.4. The van der Waals surface area contributed by atoms with Crippen LogP contribution in [-0.4, -0.2) is 64.3 Å². The smallest absolute Gasteiger partial charge is 0.289 e. The summed E-state index contributed by atoms with van der Waals surface area (Å²) in [5, 5.41) is 3.14. The molecule has 1 aliphatic heterocycles. The van der Waals surface area contributed by atoms with Crippen LogP contribution < -0.4 is 5.32 Å². The van der Waals surface area contributed by atoms with Crippen LogP contribution in [0.25, 0.3) is 0 Å². The Hall–Kier alpha value is -2.90. The third kappa shape index (κ3) is 3.96. The standard InChI is InChI=1S/C17H21N5O3/c1-2-5-18-15-11-13(19-12-20-15)16(23)21-6-8-22(9-7-21)17(24)14-4-3-10-25-14/h3-4,10-12H,2,5-9H2,1H3,(H,18,19,20). The lowest BCUT2D eigenvalue weighted by Gasteiger charge is -2.34. The van der Waals surface area contributed by atoms with Gasteiger partial charge in [0, 0.05) is 38.8 Å². The number of nitrogens with one attached hydrogen (secondary N) is 1. The molecular formula is C17H21N5O3. The fraction of sp³-hybridized carbons (Fsp3) is 0.412. The van der Waals surface area contributed by atoms with Crippen molar-refractivity contribution in [3.05, 3.63) is 42.2 Å². The summed E-state index contributed by atoms with van der Waals surface area (Å²) in [5.41, 5.74) is 0.361. The van der Waals surface area contributed by atoms with Gasteiger partial charge in [-0.2, -0.15) is 0 Å². The quantitative estimate of drug-likeness (QED) is 0.884. The van der Waals surface area contributed by atoms with Crippen LogP contribution in [0, 0.1) is 0 Å². The molecule has 132 valence electrons. The largest absolute Gasteiger partial charge is 0.459 e. The minimum absolute atomic E-state index is 0.146. The van der Waals surface area contributed by atoms with Crippen molar-refractivity contribution < 1.29 is 14.0 Å². The molecule has 0 aromatic carbocycles. The molecule has 8 heteroatoms. The van der Waals surface area contributed by atoms with E-state index in [1.165, 1.54) is 12.6 Å². The third-order valence-corrected chi connectivity index (χ3v) is 4.03. The van der Waals surface area contributed by atoms with E-state index in [0.29, 0.717) is 43.5 Å². The molecule has 0 aliphatic carbocycles. The highest BCUT2D eigenvalue weighted by molar-refractivity contribution is 5.94. The first-order valence-corrected chi connectivity index (χ1v) is 8.37. The van der Waals surface area contributed by atoms with Gasteiger partial charge in [-0.15, -0.1) is 0 Å². The van der Waals surface area contributed by atoms with Gasteiger partial charge in [-0.1, -0.05) is 6.92 Å². The maximum Gasteiger partial charge on any atom is 0.289 e. The van der Waals surface area contributed by atoms with Crippen LogP contribution in [0.5, 0.6) is 0 Å². The molecule has 2 aromatic heterocycles. The second kappa shape index (κ2) is 7.78. The predicted octanol–water partition coefficient (Wildman–Crippen LogP) is 1.49. The maximum atomic E-state index is 12.6. The molecule has 0 bridgehead atoms. The van der Waals surface area contributed by atoms with Crippen LogP contribution in [0.2, 0.25) is 0 Å². The van der Waals surface area contributed by atoms with Crippen molar-refractivity contribution in [1.82, 2.24) is 19.8 Å². The van der Waals surface area contributed by atoms with E-state index in [0.717, 1.165) is 13.0 Å². The molecule has 25 heavy (non-hydrogen) atoms. The van der Waals surface area contributed by atoms with Gasteiger partial charge in [0.25, 0.3) is 11.8 Å². The van der Waals surface area contributed by atoms with E-state index < -0.39 is 0 Å². The molecule has 0 saturated carbocycles. The first kappa shape index (κ1) is 16.9. The van der Waals surface area contributed by atoms with Crippen molar-refractivity contribution in [3.8, 4) is 0 Å². The van der Waals surface area contributed by atoms with Gasteiger partial charge in [0.1, 0.15) is 17.8 Å². The molecule has 8 nitrogen and oxygen atoms in total. The highest BCUT2D eigenvalue weighted by atomic mass is 16.3. The summed E-state index contributed by atoms with van der Waals surface area (Å²) >= 11 is 0. The molecule has 1 aliphatic rings. The van der Waals surface area contributed by atoms with Crippen molar-refractivity contribution in [2.24, 2.45) is 0 Å². The van der Waals surface area contributed by atoms with Gasteiger partial charge in [-0.05, 0) is 18.6 Å². The Morgan fingerprint density at radius 1 is 1.16 bits per heavy atom. The Balaban J connectivity index is 1.59. The SMILES string of the molecule is CCCNc1cc(C(=O)N2CCN(C(=O)c3ccco3)CC2)ncn1. The fourth-order valence-electron chi connectivity index (χ4n) is 2.65. The van der Waals surface area contributed by atoms with Crippen LogP contribution in [0.15, 0.2) is 35.2 Å². The first-order chi connectivity index (χ1) is 12.2. The van der Waals surface area contributed by atoms with E-state index in [-0.39, 0.29) is 11.8 Å². The third-order valence-electron chi connectivity index (χ3n) is 4.03. The zero-order chi connectivity index (χ0) is 17.6. The molecule has 2 amide bonds. The van der Waals surface area contributed by atoms with Crippen LogP contribution in [0.1, 0.15) is 34.4 Å². The van der Waals surface area contributed by atoms with E-state index in [1.54, 1.807) is 28.0 Å². The summed E-state index contributed by atoms with van der Waals surface area (Å²) in [7, 11) is 0. The number of furan rings is 1. The number of anilines is 1. The average molecular weight is 343 g/mol. The van der Waals surface area contributed by atoms with Gasteiger partial charge < -0.3 is 19.5 Å². The fourth-order valence-corrected chi connectivity index (χ4v) is 2.65. The number of rotatable bonds is 5. The molecule has 1 N–H and O–H groups in total. The van der Waals surface area contributed by atoms with Crippen LogP contribution >= 0.6 is 0 Å². The number of nitrogens with zero attached hydrogens (tertiary/aromatic N) is 4. The van der Waals surface area contributed by atoms with Gasteiger partial charge >= 0.3 is 0 Å². The molecule has 1 fully saturated rings. The molecule has 1 saturated heterocycles. The lowest BCUT2D eigenvalue weighted by Crippen LogP contribution is -2.50. The second-order valence-corrected chi connectivity index (χ2v) is 5.78. The maximum absolute atomic E-state index is 12.6. The van der Waals surface area contributed by atoms with Crippen molar-refractivity contribution in [1.29, 1.82) is 0 Å². The van der Waals surface area contributed by atoms with Gasteiger partial charge in [0.15, 0.2) is 5.76 Å². The summed E-state index contributed by atoms with van der Waals surface area (Å²) in [6.45, 7) is 4.72. The topological polar surface area (TPSA) is 91.6 Å². The minimum atomic E-state index is -0.148. The highest BCUT2D eigenvalue weighted by Crippen LogP contribution is 2.12. The molecule has 0 radical (unpaired) electrons. The summed E-state index contributed by atoms with van der Waals surface area (Å²) < 4.78 is 5.14. The summed E-state index contributed by atoms with van der Waals surface area (Å²) in [6, 6.07) is 5.00. The van der Waals surface area contributed by atoms with E-state index in [1.807, 2.05) is 0 Å². The highest BCUT2D eigenvalue weighted by Gasteiger charge is 2.27. The molecule has 0 atom stereocenters. The Morgan fingerprint density at radius 2 is 1.88 bits per heavy atom. The van der Waals surface area contributed by atoms with Crippen molar-refractivity contribution in [2.45, 2.75) is 13.3 Å². The Kier molecular flexibility index (Phi) is 5.27. The predicted molar refractivity (Wildman–Crippen MR) is 91.3 cm³/mol. The Morgan fingerprint density at radius 3 is 2.52 bits per heavy atom. The zero-order valence-electron chi connectivity index (χ0n) is 14.1. The van der Waals surface area contributed by atoms with Crippen LogP contribution in [0.4, 0.5) is 5.82 Å². The average Bonchev–Trinajstić information content (AvgIpc) is 3.20. The number of carbonyl (C=O) groups excluding carboxylic acids is 2. The van der Waals surface area contributed by atoms with Gasteiger partial charge in [0.05, 0.1) is 6.26 Å². The monoisotopic (exact) mass is 343 g/mol. The lowest BCUT2D eigenvalue weighted by molar-refractivity contribution is 0.0515. The molecular weight excluding hydrogens is 322 g/mol. The summed E-state index contributed by atoms with van der Waals surface area (Å²) in [5.74, 6) is 0.672. The Bertz CT molecular complexity index is 724. The first-order valence-electron chi connectivity index (χ1n) is 8.37. The lowest BCUT2D eigenvalue weighted by atomic mass is 10.2. The van der Waals surface area contributed by atoms with Crippen LogP contribution in [0.3, 0.4) is 0 Å². The second-order valence-electron chi connectivity index (χ2n) is 5.78. The van der Waals surface area contributed by atoms with E-state index in [2.05, 4.69) is 22.2 Å². The molecule has 3 heterocycles. The Labute approximate surface area is 145 Å². The summed E-state index contributed by atoms with van der Waals surface area (Å²) in [4.78, 5) is 36.5. The number of aromatic nitrogens is 2. The number of carbonyl (C=O) groups is 2. The van der Waals surface area contributed by atoms with Crippen LogP contribution in [-0.2, 0) is 0 Å². The van der Waals surface area contributed by atoms with Crippen molar-refractivity contribution in [2.75, 3.05) is 38.0 Å². The van der Waals surface area contributed by atoms with Gasteiger partial charge in [0.2, 0.25) is 0 Å². The summed E-state index contributed by atoms with van der Waals surface area (Å²) in [6.07, 6.45) is 3.84. The van der Waals surface area contributed by atoms with Crippen molar-refractivity contribution in [3.63, 3.8) is 0 Å². The number of hydrogen-bond acceptors (Lipinski definition) is 6. The van der Waals surface area contributed by atoms with E-state index >= 15 is 0 Å². The molecule has 3 rings (SSSR count). The number of piperazine rings is 1. The molecule has 0 unspecified atom stereocenters. The van der Waals surface area contributed by atoms with Gasteiger partial charge in [-0.25, -0.2) is 9.97 Å². The minimum Gasteiger partial charge on any atom is -0.459 e. The van der Waals surface area contributed by atoms with E-state index in [4.69, 9.17) is 4.42 Å². The molecule has 0 spiro atoms. The van der Waals surface area contributed by atoms with E-state index in [9.17, 15) is 9.59 Å².